The van der Waals surface area contributed by atoms with Gasteiger partial charge in [-0.1, -0.05) is 85.1 Å². The molecule has 1 saturated heterocycles. The number of benzene rings is 2. The topological polar surface area (TPSA) is 72.6 Å². The van der Waals surface area contributed by atoms with Gasteiger partial charge in [-0.15, -0.1) is 12.4 Å². The van der Waals surface area contributed by atoms with Crippen LogP contribution < -0.4 is 5.73 Å². The van der Waals surface area contributed by atoms with Gasteiger partial charge in [-0.25, -0.2) is 4.79 Å². The smallest absolute Gasteiger partial charge is 0.345 e. The van der Waals surface area contributed by atoms with E-state index < -0.39 is 18.1 Å². The minimum Gasteiger partial charge on any atom is -0.449 e. The number of thioether (sulfide) groups is 1. The Morgan fingerprint density at radius 2 is 1.69 bits per heavy atom. The Morgan fingerprint density at radius 1 is 1.14 bits per heavy atom. The summed E-state index contributed by atoms with van der Waals surface area (Å²) < 4.78 is 5.95. The van der Waals surface area contributed by atoms with E-state index in [2.05, 4.69) is 6.58 Å². The zero-order valence-corrected chi connectivity index (χ0v) is 17.2. The zero-order valence-electron chi connectivity index (χ0n) is 15.6. The predicted octanol–water partition coefficient (Wildman–Crippen LogP) is 3.42. The second kappa shape index (κ2) is 8.86. The van der Waals surface area contributed by atoms with Crippen molar-refractivity contribution in [2.75, 3.05) is 6.54 Å². The van der Waals surface area contributed by atoms with Crippen LogP contribution in [0.3, 0.4) is 0 Å². The van der Waals surface area contributed by atoms with E-state index in [0.717, 1.165) is 11.1 Å². The number of fused-ring (bicyclic) bond motifs is 1. The minimum atomic E-state index is -0.585. The van der Waals surface area contributed by atoms with E-state index in [-0.39, 0.29) is 23.7 Å². The third kappa shape index (κ3) is 3.96. The molecule has 0 radical (unpaired) electrons. The number of ether oxygens (including phenoxy) is 1. The number of nitrogens with zero attached hydrogens (tertiary/aromatic N) is 1. The van der Waals surface area contributed by atoms with Gasteiger partial charge in [0.05, 0.1) is 4.91 Å². The number of hydrogen-bond acceptors (Lipinski definition) is 5. The quantitative estimate of drug-likeness (QED) is 0.583. The summed E-state index contributed by atoms with van der Waals surface area (Å²) in [5.74, 6) is -0.528. The van der Waals surface area contributed by atoms with Gasteiger partial charge in [0, 0.05) is 6.54 Å². The van der Waals surface area contributed by atoms with E-state index in [9.17, 15) is 9.59 Å². The maximum atomic E-state index is 13.1. The molecule has 4 rings (SSSR count). The van der Waals surface area contributed by atoms with Crippen LogP contribution in [0, 0.1) is 0 Å². The summed E-state index contributed by atoms with van der Waals surface area (Å²) in [6, 6.07) is 18.7. The molecule has 2 heterocycles. The fourth-order valence-corrected chi connectivity index (χ4v) is 4.64. The molecule has 7 heteroatoms. The number of hydrogen-bond donors (Lipinski definition) is 1. The Labute approximate surface area is 180 Å². The largest absolute Gasteiger partial charge is 0.449 e. The lowest BCUT2D eigenvalue weighted by atomic mass is 10.0. The van der Waals surface area contributed by atoms with Crippen molar-refractivity contribution >= 4 is 36.0 Å². The molecule has 5 nitrogen and oxygen atoms in total. The molecule has 2 atom stereocenters. The van der Waals surface area contributed by atoms with Crippen LogP contribution >= 0.6 is 24.2 Å². The maximum Gasteiger partial charge on any atom is 0.345 e. The highest BCUT2D eigenvalue weighted by molar-refractivity contribution is 8.04. The van der Waals surface area contributed by atoms with Crippen LogP contribution in [-0.2, 0) is 14.3 Å². The number of rotatable bonds is 5. The van der Waals surface area contributed by atoms with Crippen LogP contribution in [0.5, 0.6) is 0 Å². The highest BCUT2D eigenvalue weighted by Gasteiger charge is 2.49. The Balaban J connectivity index is 0.00000240. The van der Waals surface area contributed by atoms with Gasteiger partial charge in [0.25, 0.3) is 0 Å². The molecule has 2 aromatic rings. The predicted molar refractivity (Wildman–Crippen MR) is 116 cm³/mol. The highest BCUT2D eigenvalue weighted by Crippen LogP contribution is 2.42. The van der Waals surface area contributed by atoms with Crippen molar-refractivity contribution < 1.29 is 14.3 Å². The molecular formula is C22H21ClN2O3S. The van der Waals surface area contributed by atoms with Crippen molar-refractivity contribution in [3.63, 3.8) is 0 Å². The van der Waals surface area contributed by atoms with Gasteiger partial charge in [0.2, 0.25) is 5.91 Å². The highest BCUT2D eigenvalue weighted by atomic mass is 35.5. The number of nitrogens with two attached hydrogens (primary N) is 1. The maximum absolute atomic E-state index is 13.1. The van der Waals surface area contributed by atoms with Crippen LogP contribution in [0.25, 0.3) is 0 Å². The average molecular weight is 429 g/mol. The van der Waals surface area contributed by atoms with E-state index in [4.69, 9.17) is 10.5 Å². The molecule has 0 aromatic heterocycles. The minimum absolute atomic E-state index is 0. The zero-order chi connectivity index (χ0) is 19.7. The summed E-state index contributed by atoms with van der Waals surface area (Å²) in [7, 11) is 0. The first-order chi connectivity index (χ1) is 13.6. The van der Waals surface area contributed by atoms with E-state index in [1.165, 1.54) is 11.8 Å². The molecule has 2 aliphatic rings. The first-order valence-electron chi connectivity index (χ1n) is 8.99. The van der Waals surface area contributed by atoms with Crippen LogP contribution in [0.1, 0.15) is 17.2 Å². The lowest BCUT2D eigenvalue weighted by Crippen LogP contribution is -2.68. The molecule has 0 spiro atoms. The second-order valence-electron chi connectivity index (χ2n) is 6.67. The van der Waals surface area contributed by atoms with E-state index >= 15 is 0 Å². The molecule has 2 aliphatic heterocycles. The van der Waals surface area contributed by atoms with Crippen molar-refractivity contribution in [3.8, 4) is 0 Å². The van der Waals surface area contributed by atoms with Crippen molar-refractivity contribution in [2.45, 2.75) is 17.5 Å². The molecular weight excluding hydrogens is 408 g/mol. The summed E-state index contributed by atoms with van der Waals surface area (Å²) in [5, 5.41) is -0.231. The number of amides is 1. The second-order valence-corrected chi connectivity index (χ2v) is 7.79. The number of β-lactam (4-membered cyclic amide) rings is 1. The Hall–Kier alpha value is -2.54. The molecule has 2 N–H and O–H groups in total. The fourth-order valence-electron chi connectivity index (χ4n) is 3.39. The SMILES string of the molecule is C=CC1=C(C(=O)OC(c2ccccc2)c2ccccc2)SC2C(N)C(=O)N2C1.Cl. The van der Waals surface area contributed by atoms with Gasteiger partial charge >= 0.3 is 5.97 Å². The Bertz CT molecular complexity index is 910. The third-order valence-electron chi connectivity index (χ3n) is 4.91. The monoisotopic (exact) mass is 428 g/mol. The lowest BCUT2D eigenvalue weighted by molar-refractivity contribution is -0.145. The van der Waals surface area contributed by atoms with Crippen LogP contribution in [0.15, 0.2) is 83.8 Å². The van der Waals surface area contributed by atoms with Crippen LogP contribution in [0.4, 0.5) is 0 Å². The summed E-state index contributed by atoms with van der Waals surface area (Å²) in [5.41, 5.74) is 8.36. The summed E-state index contributed by atoms with van der Waals surface area (Å²) in [6.45, 7) is 4.12. The van der Waals surface area contributed by atoms with E-state index in [1.807, 2.05) is 60.7 Å². The van der Waals surface area contributed by atoms with Gasteiger partial charge in [-0.2, -0.15) is 0 Å². The van der Waals surface area contributed by atoms with Gasteiger partial charge in [-0.05, 0) is 16.7 Å². The molecule has 1 amide bonds. The van der Waals surface area contributed by atoms with Gasteiger partial charge < -0.3 is 15.4 Å². The summed E-state index contributed by atoms with van der Waals surface area (Å²) >= 11 is 1.28. The normalized spacial score (nSPS) is 20.5. The average Bonchev–Trinajstić information content (AvgIpc) is 2.76. The number of halogens is 1. The number of esters is 1. The first kappa shape index (κ1) is 21.2. The third-order valence-corrected chi connectivity index (χ3v) is 6.37. The number of carbonyl (C=O) groups excluding carboxylic acids is 2. The summed E-state index contributed by atoms with van der Waals surface area (Å²) in [6.07, 6.45) is 1.08. The van der Waals surface area contributed by atoms with Crippen molar-refractivity contribution in [2.24, 2.45) is 5.73 Å². The molecule has 29 heavy (non-hydrogen) atoms. The molecule has 2 unspecified atom stereocenters. The van der Waals surface area contributed by atoms with Gasteiger partial charge in [-0.3, -0.25) is 4.79 Å². The lowest BCUT2D eigenvalue weighted by Gasteiger charge is -2.47. The van der Waals surface area contributed by atoms with Crippen molar-refractivity contribution in [1.82, 2.24) is 4.90 Å². The van der Waals surface area contributed by atoms with Crippen LogP contribution in [-0.4, -0.2) is 34.7 Å². The van der Waals surface area contributed by atoms with Crippen molar-refractivity contribution in [1.29, 1.82) is 0 Å². The van der Waals surface area contributed by atoms with Crippen molar-refractivity contribution in [3.05, 3.63) is 94.9 Å². The van der Waals surface area contributed by atoms with Gasteiger partial charge in [0.15, 0.2) is 6.10 Å². The number of carbonyl (C=O) groups is 2. The standard InChI is InChI=1S/C22H20N2O3S.ClH/c1-2-14-13-24-20(25)17(23)21(24)28-19(14)22(26)27-18(15-9-5-3-6-10-15)16-11-7-4-8-12-16;/h2-12,17-18,21H,1,13,23H2;1H. The molecule has 0 aliphatic carbocycles. The molecule has 0 bridgehead atoms. The fraction of sp³-hybridized carbons (Fsp3) is 0.182. The molecule has 1 fully saturated rings. The molecule has 2 aromatic carbocycles. The molecule has 150 valence electrons. The molecule has 0 saturated carbocycles. The van der Waals surface area contributed by atoms with E-state index in [1.54, 1.807) is 11.0 Å². The Morgan fingerprint density at radius 3 is 2.21 bits per heavy atom. The van der Waals surface area contributed by atoms with Crippen LogP contribution in [0.2, 0.25) is 0 Å². The summed E-state index contributed by atoms with van der Waals surface area (Å²) in [4.78, 5) is 27.1. The van der Waals surface area contributed by atoms with E-state index in [0.29, 0.717) is 17.0 Å². The Kier molecular flexibility index (Phi) is 6.47. The first-order valence-corrected chi connectivity index (χ1v) is 9.87. The van der Waals surface area contributed by atoms with Gasteiger partial charge in [0.1, 0.15) is 11.4 Å².